The van der Waals surface area contributed by atoms with Gasteiger partial charge in [0, 0.05) is 30.7 Å². The van der Waals surface area contributed by atoms with Crippen molar-refractivity contribution in [2.45, 2.75) is 12.5 Å². The van der Waals surface area contributed by atoms with Crippen molar-refractivity contribution in [2.24, 2.45) is 14.1 Å². The standard InChI is InChI=1S/C17H20N6O2/c1-21-10-12(13-5-3-4-6-14(13)21)9-16(24)23-7-8-25-15(11-23)17-18-20-22(2)19-17/h3-6,10,15H,7-9,11H2,1-2H3. The average molecular weight is 340 g/mol. The van der Waals surface area contributed by atoms with Gasteiger partial charge < -0.3 is 14.2 Å². The van der Waals surface area contributed by atoms with Crippen LogP contribution in [0.4, 0.5) is 0 Å². The van der Waals surface area contributed by atoms with E-state index in [4.69, 9.17) is 4.74 Å². The maximum Gasteiger partial charge on any atom is 0.227 e. The Balaban J connectivity index is 1.50. The lowest BCUT2D eigenvalue weighted by Gasteiger charge is -2.31. The molecule has 0 spiro atoms. The van der Waals surface area contributed by atoms with Gasteiger partial charge in [-0.15, -0.1) is 10.2 Å². The van der Waals surface area contributed by atoms with E-state index in [1.54, 1.807) is 7.05 Å². The number of hydrogen-bond acceptors (Lipinski definition) is 5. The number of carbonyl (C=O) groups excluding carboxylic acids is 1. The highest BCUT2D eigenvalue weighted by atomic mass is 16.5. The van der Waals surface area contributed by atoms with E-state index in [0.717, 1.165) is 16.5 Å². The monoisotopic (exact) mass is 340 g/mol. The lowest BCUT2D eigenvalue weighted by Crippen LogP contribution is -2.43. The Morgan fingerprint density at radius 3 is 2.96 bits per heavy atom. The van der Waals surface area contributed by atoms with Crippen molar-refractivity contribution >= 4 is 16.8 Å². The molecule has 0 saturated carbocycles. The van der Waals surface area contributed by atoms with Gasteiger partial charge in [-0.05, 0) is 16.8 Å². The molecule has 1 amide bonds. The summed E-state index contributed by atoms with van der Waals surface area (Å²) >= 11 is 0. The summed E-state index contributed by atoms with van der Waals surface area (Å²) in [6.07, 6.45) is 2.09. The first-order valence-corrected chi connectivity index (χ1v) is 8.28. The van der Waals surface area contributed by atoms with E-state index in [9.17, 15) is 4.79 Å². The summed E-state index contributed by atoms with van der Waals surface area (Å²) in [5, 5.41) is 13.1. The van der Waals surface area contributed by atoms with Crippen LogP contribution in [0.2, 0.25) is 0 Å². The molecule has 0 bridgehead atoms. The average Bonchev–Trinajstić information content (AvgIpc) is 3.20. The molecule has 1 aliphatic heterocycles. The Morgan fingerprint density at radius 2 is 2.16 bits per heavy atom. The normalized spacial score (nSPS) is 18.0. The summed E-state index contributed by atoms with van der Waals surface area (Å²) in [6.45, 7) is 1.51. The van der Waals surface area contributed by atoms with Gasteiger partial charge in [-0.25, -0.2) is 0 Å². The van der Waals surface area contributed by atoms with Crippen LogP contribution < -0.4 is 0 Å². The van der Waals surface area contributed by atoms with Gasteiger partial charge in [-0.1, -0.05) is 18.2 Å². The first-order valence-electron chi connectivity index (χ1n) is 8.28. The number of tetrazole rings is 1. The molecule has 130 valence electrons. The van der Waals surface area contributed by atoms with Crippen LogP contribution in [0.15, 0.2) is 30.5 Å². The van der Waals surface area contributed by atoms with Gasteiger partial charge >= 0.3 is 0 Å². The number of aryl methyl sites for hydroxylation is 2. The van der Waals surface area contributed by atoms with Gasteiger partial charge in [0.2, 0.25) is 11.7 Å². The van der Waals surface area contributed by atoms with E-state index in [2.05, 4.69) is 32.1 Å². The van der Waals surface area contributed by atoms with Crippen molar-refractivity contribution in [2.75, 3.05) is 19.7 Å². The van der Waals surface area contributed by atoms with Gasteiger partial charge in [0.25, 0.3) is 0 Å². The van der Waals surface area contributed by atoms with Crippen molar-refractivity contribution in [3.63, 3.8) is 0 Å². The third-order valence-corrected chi connectivity index (χ3v) is 4.55. The van der Waals surface area contributed by atoms with Gasteiger partial charge in [-0.2, -0.15) is 4.80 Å². The maximum absolute atomic E-state index is 12.8. The molecule has 8 heteroatoms. The second-order valence-electron chi connectivity index (χ2n) is 6.30. The Labute approximate surface area is 145 Å². The van der Waals surface area contributed by atoms with Crippen LogP contribution >= 0.6 is 0 Å². The van der Waals surface area contributed by atoms with E-state index in [-0.39, 0.29) is 12.0 Å². The van der Waals surface area contributed by atoms with Crippen LogP contribution in [0.1, 0.15) is 17.5 Å². The molecule has 25 heavy (non-hydrogen) atoms. The molecule has 1 saturated heterocycles. The minimum Gasteiger partial charge on any atom is -0.366 e. The summed E-state index contributed by atoms with van der Waals surface area (Å²) < 4.78 is 7.77. The highest BCUT2D eigenvalue weighted by Crippen LogP contribution is 2.23. The molecular weight excluding hydrogens is 320 g/mol. The van der Waals surface area contributed by atoms with Crippen molar-refractivity contribution in [3.8, 4) is 0 Å². The molecular formula is C17H20N6O2. The second-order valence-corrected chi connectivity index (χ2v) is 6.30. The Morgan fingerprint density at radius 1 is 1.32 bits per heavy atom. The predicted octanol–water partition coefficient (Wildman–Crippen LogP) is 0.844. The lowest BCUT2D eigenvalue weighted by atomic mass is 10.1. The number of fused-ring (bicyclic) bond motifs is 1. The zero-order chi connectivity index (χ0) is 17.4. The first-order chi connectivity index (χ1) is 12.1. The number of nitrogens with zero attached hydrogens (tertiary/aromatic N) is 6. The molecule has 1 unspecified atom stereocenters. The van der Waals surface area contributed by atoms with Gasteiger partial charge in [0.1, 0.15) is 6.10 Å². The number of amides is 1. The molecule has 1 atom stereocenters. The van der Waals surface area contributed by atoms with Crippen molar-refractivity contribution < 1.29 is 9.53 Å². The number of aromatic nitrogens is 5. The second kappa shape index (κ2) is 6.29. The fourth-order valence-electron chi connectivity index (χ4n) is 3.30. The smallest absolute Gasteiger partial charge is 0.227 e. The SMILES string of the molecule is Cn1nnc(C2CN(C(=O)Cc3cn(C)c4ccccc34)CCO2)n1. The third-order valence-electron chi connectivity index (χ3n) is 4.55. The molecule has 1 fully saturated rings. The molecule has 3 heterocycles. The van der Waals surface area contributed by atoms with E-state index in [0.29, 0.717) is 31.9 Å². The maximum atomic E-state index is 12.8. The van der Waals surface area contributed by atoms with Crippen molar-refractivity contribution in [1.82, 2.24) is 29.7 Å². The van der Waals surface area contributed by atoms with E-state index in [1.165, 1.54) is 4.80 Å². The minimum absolute atomic E-state index is 0.0912. The number of rotatable bonds is 3. The number of benzene rings is 1. The molecule has 4 rings (SSSR count). The molecule has 1 aliphatic rings. The summed E-state index contributed by atoms with van der Waals surface area (Å²) in [5.74, 6) is 0.610. The fraction of sp³-hybridized carbons (Fsp3) is 0.412. The quantitative estimate of drug-likeness (QED) is 0.706. The Hall–Kier alpha value is -2.74. The number of hydrogen-bond donors (Lipinski definition) is 0. The highest BCUT2D eigenvalue weighted by Gasteiger charge is 2.28. The molecule has 0 radical (unpaired) electrons. The molecule has 8 nitrogen and oxygen atoms in total. The minimum atomic E-state index is -0.320. The van der Waals surface area contributed by atoms with E-state index < -0.39 is 0 Å². The number of ether oxygens (including phenoxy) is 1. The number of para-hydroxylation sites is 1. The topological polar surface area (TPSA) is 78.1 Å². The van der Waals surface area contributed by atoms with E-state index in [1.807, 2.05) is 30.3 Å². The number of carbonyl (C=O) groups is 1. The zero-order valence-corrected chi connectivity index (χ0v) is 14.3. The zero-order valence-electron chi connectivity index (χ0n) is 14.3. The van der Waals surface area contributed by atoms with Crippen LogP contribution in [-0.4, -0.2) is 55.3 Å². The largest absolute Gasteiger partial charge is 0.366 e. The number of morpholine rings is 1. The van der Waals surface area contributed by atoms with Gasteiger partial charge in [0.15, 0.2) is 0 Å². The van der Waals surface area contributed by atoms with Crippen molar-refractivity contribution in [3.05, 3.63) is 41.9 Å². The van der Waals surface area contributed by atoms with Crippen LogP contribution in [0.3, 0.4) is 0 Å². The van der Waals surface area contributed by atoms with Crippen LogP contribution in [0, 0.1) is 0 Å². The summed E-state index contributed by atoms with van der Waals surface area (Å²) in [6, 6.07) is 8.13. The van der Waals surface area contributed by atoms with E-state index >= 15 is 0 Å². The summed E-state index contributed by atoms with van der Waals surface area (Å²) in [7, 11) is 3.71. The molecule has 1 aromatic carbocycles. The molecule has 0 aliphatic carbocycles. The Kier molecular flexibility index (Phi) is 3.96. The summed E-state index contributed by atoms with van der Waals surface area (Å²) in [5.41, 5.74) is 2.18. The molecule has 2 aromatic heterocycles. The van der Waals surface area contributed by atoms with Crippen molar-refractivity contribution in [1.29, 1.82) is 0 Å². The van der Waals surface area contributed by atoms with Gasteiger partial charge in [0.05, 0.1) is 26.6 Å². The fourth-order valence-corrected chi connectivity index (χ4v) is 3.30. The van der Waals surface area contributed by atoms with Crippen LogP contribution in [0.5, 0.6) is 0 Å². The molecule has 0 N–H and O–H groups in total. The van der Waals surface area contributed by atoms with Gasteiger partial charge in [-0.3, -0.25) is 4.79 Å². The lowest BCUT2D eigenvalue weighted by molar-refractivity contribution is -0.138. The first kappa shape index (κ1) is 15.8. The predicted molar refractivity (Wildman–Crippen MR) is 90.7 cm³/mol. The third kappa shape index (κ3) is 3.00. The van der Waals surface area contributed by atoms with Crippen LogP contribution in [0.25, 0.3) is 10.9 Å². The highest BCUT2D eigenvalue weighted by molar-refractivity contribution is 5.89. The van der Waals surface area contributed by atoms with Crippen LogP contribution in [-0.2, 0) is 30.0 Å². The molecule has 3 aromatic rings. The Bertz CT molecular complexity index is 915. The summed E-state index contributed by atoms with van der Waals surface area (Å²) in [4.78, 5) is 16.0.